The van der Waals surface area contributed by atoms with E-state index in [0.717, 1.165) is 23.5 Å². The van der Waals surface area contributed by atoms with E-state index >= 15 is 0 Å². The van der Waals surface area contributed by atoms with E-state index in [9.17, 15) is 18.0 Å². The van der Waals surface area contributed by atoms with Crippen molar-refractivity contribution in [3.8, 4) is 11.8 Å². The normalized spacial score (nSPS) is 11.1. The number of thiophene rings is 1. The van der Waals surface area contributed by atoms with Gasteiger partial charge in [-0.1, -0.05) is 24.0 Å². The van der Waals surface area contributed by atoms with E-state index < -0.39 is 11.7 Å². The van der Waals surface area contributed by atoms with Gasteiger partial charge in [-0.2, -0.15) is 13.2 Å². The van der Waals surface area contributed by atoms with Crippen LogP contribution in [0.5, 0.6) is 0 Å². The fourth-order valence-corrected chi connectivity index (χ4v) is 3.66. The summed E-state index contributed by atoms with van der Waals surface area (Å²) in [5.74, 6) is 5.10. The number of aromatic nitrogens is 1. The van der Waals surface area contributed by atoms with Crippen LogP contribution in [0.3, 0.4) is 0 Å². The van der Waals surface area contributed by atoms with Crippen LogP contribution in [0.2, 0.25) is 0 Å². The average Bonchev–Trinajstić information content (AvgIpc) is 3.28. The number of benzene rings is 1. The van der Waals surface area contributed by atoms with E-state index in [1.165, 1.54) is 17.0 Å². The molecule has 0 radical (unpaired) electrons. The molecular weight excluding hydrogens is 397 g/mol. The molecule has 0 aliphatic rings. The molecule has 1 aromatic carbocycles. The van der Waals surface area contributed by atoms with E-state index in [2.05, 4.69) is 21.7 Å². The molecule has 0 fully saturated rings. The van der Waals surface area contributed by atoms with Crippen molar-refractivity contribution in [3.05, 3.63) is 80.8 Å². The Labute approximate surface area is 171 Å². The summed E-state index contributed by atoms with van der Waals surface area (Å²) in [5, 5.41) is 4.72. The minimum absolute atomic E-state index is 0.0453. The Morgan fingerprint density at radius 1 is 1.17 bits per heavy atom. The Morgan fingerprint density at radius 3 is 2.66 bits per heavy atom. The van der Waals surface area contributed by atoms with E-state index in [-0.39, 0.29) is 18.0 Å². The van der Waals surface area contributed by atoms with Gasteiger partial charge in [-0.3, -0.25) is 4.79 Å². The third-order valence-corrected chi connectivity index (χ3v) is 5.33. The standard InChI is InChI=1S/C22H19F3N2OS/c1-15-12-20(16(2)27(15)14-19-9-5-11-29-19)21(28)26-10-4-7-17-6-3-8-18(13-17)22(23,24)25/h3,5-6,8-9,11-13H,10,14H2,1-2H3,(H,26,28). The summed E-state index contributed by atoms with van der Waals surface area (Å²) in [4.78, 5) is 13.7. The summed E-state index contributed by atoms with van der Waals surface area (Å²) in [6, 6.07) is 10.7. The van der Waals surface area contributed by atoms with Crippen molar-refractivity contribution in [3.63, 3.8) is 0 Å². The number of aryl methyl sites for hydroxylation is 1. The minimum Gasteiger partial charge on any atom is -0.343 e. The fraction of sp³-hybridized carbons (Fsp3) is 0.227. The molecule has 0 saturated carbocycles. The van der Waals surface area contributed by atoms with Gasteiger partial charge in [-0.05, 0) is 49.6 Å². The molecule has 3 nitrogen and oxygen atoms in total. The van der Waals surface area contributed by atoms with Crippen LogP contribution in [0, 0.1) is 25.7 Å². The molecule has 0 spiro atoms. The van der Waals surface area contributed by atoms with Crippen LogP contribution in [0.4, 0.5) is 13.2 Å². The Bertz CT molecular complexity index is 1070. The van der Waals surface area contributed by atoms with Gasteiger partial charge in [0.05, 0.1) is 24.2 Å². The van der Waals surface area contributed by atoms with Crippen molar-refractivity contribution < 1.29 is 18.0 Å². The third kappa shape index (κ3) is 5.09. The van der Waals surface area contributed by atoms with Crippen molar-refractivity contribution in [2.75, 3.05) is 6.54 Å². The topological polar surface area (TPSA) is 34.0 Å². The highest BCUT2D eigenvalue weighted by atomic mass is 32.1. The summed E-state index contributed by atoms with van der Waals surface area (Å²) in [7, 11) is 0. The number of alkyl halides is 3. The van der Waals surface area contributed by atoms with Gasteiger partial charge < -0.3 is 9.88 Å². The molecule has 2 heterocycles. The molecule has 0 aliphatic carbocycles. The second kappa shape index (κ2) is 8.58. The molecule has 0 unspecified atom stereocenters. The number of hydrogen-bond acceptors (Lipinski definition) is 2. The number of halogens is 3. The molecule has 1 N–H and O–H groups in total. The predicted molar refractivity (Wildman–Crippen MR) is 108 cm³/mol. The molecule has 7 heteroatoms. The van der Waals surface area contributed by atoms with Gasteiger partial charge in [0.15, 0.2) is 0 Å². The molecule has 3 aromatic rings. The molecule has 150 valence electrons. The predicted octanol–water partition coefficient (Wildman–Crippen LogP) is 5.02. The second-order valence-electron chi connectivity index (χ2n) is 6.51. The van der Waals surface area contributed by atoms with Gasteiger partial charge >= 0.3 is 6.18 Å². The lowest BCUT2D eigenvalue weighted by molar-refractivity contribution is -0.137. The number of nitrogens with one attached hydrogen (secondary N) is 1. The first-order chi connectivity index (χ1) is 13.8. The van der Waals surface area contributed by atoms with E-state index in [0.29, 0.717) is 12.1 Å². The molecular formula is C22H19F3N2OS. The van der Waals surface area contributed by atoms with Crippen LogP contribution >= 0.6 is 11.3 Å². The average molecular weight is 416 g/mol. The van der Waals surface area contributed by atoms with E-state index in [1.54, 1.807) is 11.3 Å². The van der Waals surface area contributed by atoms with Crippen LogP contribution in [0.15, 0.2) is 47.8 Å². The number of carbonyl (C=O) groups excluding carboxylic acids is 1. The van der Waals surface area contributed by atoms with Crippen molar-refractivity contribution in [1.82, 2.24) is 9.88 Å². The summed E-state index contributed by atoms with van der Waals surface area (Å²) in [5.41, 5.74) is 1.92. The second-order valence-corrected chi connectivity index (χ2v) is 7.55. The molecule has 0 aliphatic heterocycles. The van der Waals surface area contributed by atoms with Crippen molar-refractivity contribution in [1.29, 1.82) is 0 Å². The Hall–Kier alpha value is -2.98. The Kier molecular flexibility index (Phi) is 6.14. The quantitative estimate of drug-likeness (QED) is 0.596. The summed E-state index contributed by atoms with van der Waals surface area (Å²) in [6.07, 6.45) is -4.41. The van der Waals surface area contributed by atoms with Crippen LogP contribution in [-0.2, 0) is 12.7 Å². The SMILES string of the molecule is Cc1cc(C(=O)NCC#Cc2cccc(C(F)(F)F)c2)c(C)n1Cc1cccs1. The lowest BCUT2D eigenvalue weighted by atomic mass is 10.1. The Balaban J connectivity index is 1.65. The largest absolute Gasteiger partial charge is 0.416 e. The molecule has 29 heavy (non-hydrogen) atoms. The summed E-state index contributed by atoms with van der Waals surface area (Å²) in [6.45, 7) is 4.59. The van der Waals surface area contributed by atoms with Gasteiger partial charge in [0.2, 0.25) is 0 Å². The number of rotatable bonds is 4. The highest BCUT2D eigenvalue weighted by Crippen LogP contribution is 2.29. The van der Waals surface area contributed by atoms with Crippen LogP contribution in [0.25, 0.3) is 0 Å². The van der Waals surface area contributed by atoms with Crippen molar-refractivity contribution in [2.45, 2.75) is 26.6 Å². The molecule has 3 rings (SSSR count). The monoisotopic (exact) mass is 416 g/mol. The highest BCUT2D eigenvalue weighted by molar-refractivity contribution is 7.09. The maximum Gasteiger partial charge on any atom is 0.416 e. The summed E-state index contributed by atoms with van der Waals surface area (Å²) < 4.78 is 40.3. The maximum absolute atomic E-state index is 12.7. The molecule has 2 aromatic heterocycles. The first-order valence-corrected chi connectivity index (χ1v) is 9.77. The van der Waals surface area contributed by atoms with Gasteiger partial charge in [0, 0.05) is 21.8 Å². The molecule has 0 saturated heterocycles. The Morgan fingerprint density at radius 2 is 1.97 bits per heavy atom. The zero-order valence-corrected chi connectivity index (χ0v) is 16.7. The molecule has 1 amide bonds. The highest BCUT2D eigenvalue weighted by Gasteiger charge is 2.30. The fourth-order valence-electron chi connectivity index (χ4n) is 2.97. The summed E-state index contributed by atoms with van der Waals surface area (Å²) >= 11 is 1.66. The van der Waals surface area contributed by atoms with Gasteiger partial charge in [0.25, 0.3) is 5.91 Å². The van der Waals surface area contributed by atoms with E-state index in [4.69, 9.17) is 0 Å². The zero-order valence-electron chi connectivity index (χ0n) is 15.9. The van der Waals surface area contributed by atoms with Crippen molar-refractivity contribution in [2.24, 2.45) is 0 Å². The first kappa shape index (κ1) is 20.7. The zero-order chi connectivity index (χ0) is 21.0. The van der Waals surface area contributed by atoms with Gasteiger partial charge in [-0.25, -0.2) is 0 Å². The third-order valence-electron chi connectivity index (χ3n) is 4.47. The van der Waals surface area contributed by atoms with Crippen LogP contribution in [0.1, 0.15) is 37.7 Å². The minimum atomic E-state index is -4.41. The van der Waals surface area contributed by atoms with Gasteiger partial charge in [0.1, 0.15) is 0 Å². The van der Waals surface area contributed by atoms with Crippen LogP contribution < -0.4 is 5.32 Å². The smallest absolute Gasteiger partial charge is 0.343 e. The van der Waals surface area contributed by atoms with Gasteiger partial charge in [-0.15, -0.1) is 11.3 Å². The van der Waals surface area contributed by atoms with Crippen molar-refractivity contribution >= 4 is 17.2 Å². The first-order valence-electron chi connectivity index (χ1n) is 8.89. The number of nitrogens with zero attached hydrogens (tertiary/aromatic N) is 1. The lowest BCUT2D eigenvalue weighted by Gasteiger charge is -2.08. The number of hydrogen-bond donors (Lipinski definition) is 1. The van der Waals surface area contributed by atoms with Crippen LogP contribution in [-0.4, -0.2) is 17.0 Å². The molecule has 0 bridgehead atoms. The maximum atomic E-state index is 12.7. The number of amides is 1. The molecule has 0 atom stereocenters. The van der Waals surface area contributed by atoms with E-state index in [1.807, 2.05) is 37.4 Å². The lowest BCUT2D eigenvalue weighted by Crippen LogP contribution is -2.24. The number of carbonyl (C=O) groups is 1.